The van der Waals surface area contributed by atoms with E-state index in [2.05, 4.69) is 4.98 Å². The molecule has 0 spiro atoms. The molecule has 3 N–H and O–H groups in total. The van der Waals surface area contributed by atoms with Gasteiger partial charge in [-0.2, -0.15) is 0 Å². The molecule has 0 saturated carbocycles. The highest BCUT2D eigenvalue weighted by Gasteiger charge is 2.37. The first-order valence-corrected chi connectivity index (χ1v) is 4.65. The van der Waals surface area contributed by atoms with Gasteiger partial charge >= 0.3 is 0 Å². The van der Waals surface area contributed by atoms with Crippen LogP contribution in [0.25, 0.3) is 0 Å². The van der Waals surface area contributed by atoms with Crippen LogP contribution < -0.4 is 5.73 Å². The van der Waals surface area contributed by atoms with Crippen LogP contribution in [0, 0.1) is 6.92 Å². The van der Waals surface area contributed by atoms with Crippen molar-refractivity contribution in [3.8, 4) is 0 Å². The Kier molecular flexibility index (Phi) is 2.17. The molecule has 2 heterocycles. The molecule has 1 atom stereocenters. The molecule has 1 aromatic heterocycles. The Balaban J connectivity index is 2.49. The van der Waals surface area contributed by atoms with Gasteiger partial charge in [0.25, 0.3) is 0 Å². The quantitative estimate of drug-likeness (QED) is 0.686. The molecular formula is C10H14N2O2. The minimum atomic E-state index is -0.942. The van der Waals surface area contributed by atoms with Crippen molar-refractivity contribution >= 4 is 5.82 Å². The van der Waals surface area contributed by atoms with Gasteiger partial charge in [0.05, 0.1) is 6.61 Å². The Morgan fingerprint density at radius 3 is 3.00 bits per heavy atom. The van der Waals surface area contributed by atoms with Gasteiger partial charge in [0.1, 0.15) is 11.4 Å². The van der Waals surface area contributed by atoms with Crippen molar-refractivity contribution in [2.24, 2.45) is 0 Å². The molecule has 0 aromatic carbocycles. The van der Waals surface area contributed by atoms with Crippen molar-refractivity contribution in [3.63, 3.8) is 0 Å². The maximum Gasteiger partial charge on any atom is 0.129 e. The van der Waals surface area contributed by atoms with Crippen LogP contribution in [-0.4, -0.2) is 23.3 Å². The smallest absolute Gasteiger partial charge is 0.129 e. The standard InChI is InChI=1S/C10H14N2O2/c1-7-2-4-12-9(11)8(7)10(13)3-5-14-6-10/h2,4,13H,3,5-6H2,1H3,(H2,11,12). The summed E-state index contributed by atoms with van der Waals surface area (Å²) in [5.74, 6) is 0.401. The SMILES string of the molecule is Cc1ccnc(N)c1C1(O)CCOC1. The van der Waals surface area contributed by atoms with Gasteiger partial charge in [-0.25, -0.2) is 4.98 Å². The second-order valence-electron chi connectivity index (χ2n) is 3.72. The third-order valence-corrected chi connectivity index (χ3v) is 2.65. The summed E-state index contributed by atoms with van der Waals surface area (Å²) < 4.78 is 5.19. The van der Waals surface area contributed by atoms with Gasteiger partial charge in [-0.05, 0) is 18.6 Å². The third-order valence-electron chi connectivity index (χ3n) is 2.65. The first-order chi connectivity index (χ1) is 6.63. The normalized spacial score (nSPS) is 26.7. The van der Waals surface area contributed by atoms with Crippen LogP contribution in [0.15, 0.2) is 12.3 Å². The first-order valence-electron chi connectivity index (χ1n) is 4.65. The van der Waals surface area contributed by atoms with E-state index in [0.29, 0.717) is 25.5 Å². The van der Waals surface area contributed by atoms with Crippen LogP contribution in [-0.2, 0) is 10.3 Å². The molecule has 2 rings (SSSR count). The second kappa shape index (κ2) is 3.22. The number of hydrogen-bond acceptors (Lipinski definition) is 4. The van der Waals surface area contributed by atoms with Gasteiger partial charge in [-0.3, -0.25) is 0 Å². The van der Waals surface area contributed by atoms with Crippen molar-refractivity contribution in [2.45, 2.75) is 18.9 Å². The van der Waals surface area contributed by atoms with Crippen LogP contribution in [0.1, 0.15) is 17.5 Å². The van der Waals surface area contributed by atoms with Gasteiger partial charge in [0, 0.05) is 24.8 Å². The minimum absolute atomic E-state index is 0.309. The number of nitrogens with two attached hydrogens (primary N) is 1. The largest absolute Gasteiger partial charge is 0.383 e. The highest BCUT2D eigenvalue weighted by atomic mass is 16.5. The Labute approximate surface area is 82.7 Å². The summed E-state index contributed by atoms with van der Waals surface area (Å²) in [5.41, 5.74) is 6.50. The topological polar surface area (TPSA) is 68.4 Å². The molecule has 0 aliphatic carbocycles. The summed E-state index contributed by atoms with van der Waals surface area (Å²) in [4.78, 5) is 3.99. The van der Waals surface area contributed by atoms with Gasteiger partial charge in [0.2, 0.25) is 0 Å². The van der Waals surface area contributed by atoms with E-state index in [1.807, 2.05) is 13.0 Å². The average Bonchev–Trinajstić information content (AvgIpc) is 2.52. The zero-order chi connectivity index (χ0) is 10.2. The fraction of sp³-hybridized carbons (Fsp3) is 0.500. The average molecular weight is 194 g/mol. The summed E-state index contributed by atoms with van der Waals surface area (Å²) >= 11 is 0. The Morgan fingerprint density at radius 2 is 2.43 bits per heavy atom. The number of aliphatic hydroxyl groups is 1. The van der Waals surface area contributed by atoms with Crippen LogP contribution in [0.4, 0.5) is 5.82 Å². The molecule has 1 aliphatic rings. The number of ether oxygens (including phenoxy) is 1. The Bertz CT molecular complexity index is 326. The zero-order valence-corrected chi connectivity index (χ0v) is 8.16. The number of hydrogen-bond donors (Lipinski definition) is 2. The van der Waals surface area contributed by atoms with Crippen molar-refractivity contribution < 1.29 is 9.84 Å². The predicted molar refractivity (Wildman–Crippen MR) is 52.7 cm³/mol. The molecule has 4 heteroatoms. The number of pyridine rings is 1. The molecular weight excluding hydrogens is 180 g/mol. The molecule has 14 heavy (non-hydrogen) atoms. The number of nitrogen functional groups attached to an aromatic ring is 1. The number of aryl methyl sites for hydroxylation is 1. The fourth-order valence-corrected chi connectivity index (χ4v) is 1.94. The molecule has 0 amide bonds. The Hall–Kier alpha value is -1.13. The highest BCUT2D eigenvalue weighted by Crippen LogP contribution is 2.34. The van der Waals surface area contributed by atoms with Crippen molar-refractivity contribution in [3.05, 3.63) is 23.4 Å². The van der Waals surface area contributed by atoms with E-state index < -0.39 is 5.60 Å². The summed E-state index contributed by atoms with van der Waals surface area (Å²) in [5, 5.41) is 10.3. The van der Waals surface area contributed by atoms with E-state index in [0.717, 1.165) is 11.1 Å². The number of nitrogens with zero attached hydrogens (tertiary/aromatic N) is 1. The maximum absolute atomic E-state index is 10.3. The molecule has 1 fully saturated rings. The number of aromatic nitrogens is 1. The minimum Gasteiger partial charge on any atom is -0.383 e. The van der Waals surface area contributed by atoms with Crippen LogP contribution >= 0.6 is 0 Å². The van der Waals surface area contributed by atoms with Gasteiger partial charge in [-0.1, -0.05) is 0 Å². The molecule has 76 valence electrons. The lowest BCUT2D eigenvalue weighted by Crippen LogP contribution is -2.28. The number of rotatable bonds is 1. The van der Waals surface area contributed by atoms with E-state index in [1.165, 1.54) is 0 Å². The van der Waals surface area contributed by atoms with E-state index in [9.17, 15) is 5.11 Å². The lowest BCUT2D eigenvalue weighted by Gasteiger charge is -2.23. The lowest BCUT2D eigenvalue weighted by molar-refractivity contribution is 0.0231. The van der Waals surface area contributed by atoms with E-state index in [-0.39, 0.29) is 0 Å². The Morgan fingerprint density at radius 1 is 1.64 bits per heavy atom. The monoisotopic (exact) mass is 194 g/mol. The summed E-state index contributed by atoms with van der Waals surface area (Å²) in [6.07, 6.45) is 2.23. The summed E-state index contributed by atoms with van der Waals surface area (Å²) in [7, 11) is 0. The van der Waals surface area contributed by atoms with Gasteiger partial charge in [-0.15, -0.1) is 0 Å². The maximum atomic E-state index is 10.3. The van der Waals surface area contributed by atoms with E-state index in [4.69, 9.17) is 10.5 Å². The highest BCUT2D eigenvalue weighted by molar-refractivity contribution is 5.48. The van der Waals surface area contributed by atoms with Gasteiger partial charge < -0.3 is 15.6 Å². The summed E-state index contributed by atoms with van der Waals surface area (Å²) in [6.45, 7) is 2.80. The molecule has 0 bridgehead atoms. The van der Waals surface area contributed by atoms with Crippen LogP contribution in [0.5, 0.6) is 0 Å². The molecule has 1 aromatic rings. The molecule has 1 unspecified atom stereocenters. The van der Waals surface area contributed by atoms with Crippen LogP contribution in [0.2, 0.25) is 0 Å². The first kappa shape index (κ1) is 9.43. The van der Waals surface area contributed by atoms with Crippen LogP contribution in [0.3, 0.4) is 0 Å². The zero-order valence-electron chi connectivity index (χ0n) is 8.16. The molecule has 1 saturated heterocycles. The predicted octanol–water partition coefficient (Wildman–Crippen LogP) is 0.580. The second-order valence-corrected chi connectivity index (χ2v) is 3.72. The molecule has 4 nitrogen and oxygen atoms in total. The van der Waals surface area contributed by atoms with E-state index >= 15 is 0 Å². The fourth-order valence-electron chi connectivity index (χ4n) is 1.94. The van der Waals surface area contributed by atoms with E-state index in [1.54, 1.807) is 6.20 Å². The molecule has 0 radical (unpaired) electrons. The third kappa shape index (κ3) is 1.36. The van der Waals surface area contributed by atoms with Gasteiger partial charge in [0.15, 0.2) is 0 Å². The van der Waals surface area contributed by atoms with Crippen molar-refractivity contribution in [2.75, 3.05) is 18.9 Å². The number of anilines is 1. The van der Waals surface area contributed by atoms with Crippen molar-refractivity contribution in [1.29, 1.82) is 0 Å². The molecule has 1 aliphatic heterocycles. The lowest BCUT2D eigenvalue weighted by atomic mass is 9.90. The summed E-state index contributed by atoms with van der Waals surface area (Å²) in [6, 6.07) is 1.85. The van der Waals surface area contributed by atoms with Crippen molar-refractivity contribution in [1.82, 2.24) is 4.98 Å².